The maximum Gasteiger partial charge on any atom is 0.266 e. The third kappa shape index (κ3) is 4.69. The number of ether oxygens (including phenoxy) is 1. The van der Waals surface area contributed by atoms with Crippen LogP contribution in [0.1, 0.15) is 23.9 Å². The predicted molar refractivity (Wildman–Crippen MR) is 138 cm³/mol. The van der Waals surface area contributed by atoms with Gasteiger partial charge in [0.15, 0.2) is 5.17 Å². The molecule has 0 bridgehead atoms. The minimum atomic E-state index is -0.0518. The predicted octanol–water partition coefficient (Wildman–Crippen LogP) is 7.03. The van der Waals surface area contributed by atoms with E-state index >= 15 is 0 Å². The van der Waals surface area contributed by atoms with Crippen molar-refractivity contribution in [2.24, 2.45) is 4.99 Å². The first-order chi connectivity index (χ1) is 15.8. The van der Waals surface area contributed by atoms with Crippen molar-refractivity contribution in [3.8, 4) is 11.4 Å². The summed E-state index contributed by atoms with van der Waals surface area (Å²) in [6.07, 6.45) is 1.93. The number of carbonyl (C=O) groups is 1. The molecule has 0 spiro atoms. The van der Waals surface area contributed by atoms with Gasteiger partial charge in [0.1, 0.15) is 5.75 Å². The lowest BCUT2D eigenvalue weighted by molar-refractivity contribution is -0.122. The summed E-state index contributed by atoms with van der Waals surface area (Å²) in [7, 11) is 1.63. The molecule has 0 unspecified atom stereocenters. The Balaban J connectivity index is 1.69. The number of carbonyl (C=O) groups excluding carboxylic acids is 1. The number of hydrogen-bond donors (Lipinski definition) is 0. The Morgan fingerprint density at radius 3 is 2.45 bits per heavy atom. The lowest BCUT2D eigenvalue weighted by Crippen LogP contribution is -2.28. The van der Waals surface area contributed by atoms with Crippen molar-refractivity contribution in [3.63, 3.8) is 0 Å². The number of nitrogens with zero attached hydrogens (tertiary/aromatic N) is 3. The van der Waals surface area contributed by atoms with Crippen molar-refractivity contribution in [3.05, 3.63) is 80.4 Å². The van der Waals surface area contributed by atoms with Crippen LogP contribution in [-0.2, 0) is 4.79 Å². The van der Waals surface area contributed by atoms with E-state index in [1.165, 1.54) is 11.8 Å². The summed E-state index contributed by atoms with van der Waals surface area (Å²) < 4.78 is 7.27. The largest absolute Gasteiger partial charge is 0.497 e. The highest BCUT2D eigenvalue weighted by molar-refractivity contribution is 8.18. The number of aromatic nitrogens is 1. The molecule has 0 radical (unpaired) electrons. The highest BCUT2D eigenvalue weighted by Crippen LogP contribution is 2.36. The molecule has 1 aliphatic heterocycles. The highest BCUT2D eigenvalue weighted by atomic mass is 35.5. The molecule has 4 rings (SSSR count). The van der Waals surface area contributed by atoms with E-state index in [2.05, 4.69) is 10.6 Å². The quantitative estimate of drug-likeness (QED) is 0.353. The Hall–Kier alpha value is -2.67. The Kier molecular flexibility index (Phi) is 6.88. The van der Waals surface area contributed by atoms with Crippen LogP contribution in [-0.4, -0.2) is 34.2 Å². The second-order valence-corrected chi connectivity index (χ2v) is 9.36. The van der Waals surface area contributed by atoms with E-state index in [4.69, 9.17) is 32.9 Å². The molecule has 1 amide bonds. The molecule has 0 N–H and O–H groups in total. The monoisotopic (exact) mass is 499 g/mol. The van der Waals surface area contributed by atoms with Gasteiger partial charge in [-0.2, -0.15) is 0 Å². The molecule has 33 heavy (non-hydrogen) atoms. The second-order valence-electron chi connectivity index (χ2n) is 7.51. The minimum Gasteiger partial charge on any atom is -0.497 e. The maximum absolute atomic E-state index is 13.1. The molecule has 8 heteroatoms. The number of likely N-dealkylation sites (N-methyl/N-ethyl adjacent to an activating group) is 1. The summed E-state index contributed by atoms with van der Waals surface area (Å²) in [5.74, 6) is 0.710. The molecule has 5 nitrogen and oxygen atoms in total. The standard InChI is InChI=1S/C25H23Cl2N3O2S/c1-5-29-24(31)23(33-25(29)28-19-7-9-20(32-4)10-8-19)13-17-12-15(2)30(16(17)3)22-11-6-18(26)14-21(22)27/h6-14H,5H2,1-4H3/b23-13+,28-25?. The van der Waals surface area contributed by atoms with Crippen LogP contribution in [0, 0.1) is 13.8 Å². The summed E-state index contributed by atoms with van der Waals surface area (Å²) in [5.41, 5.74) is 4.57. The van der Waals surface area contributed by atoms with Crippen molar-refractivity contribution < 1.29 is 9.53 Å². The number of halogens is 2. The Morgan fingerprint density at radius 2 is 1.82 bits per heavy atom. The average Bonchev–Trinajstić information content (AvgIpc) is 3.23. The summed E-state index contributed by atoms with van der Waals surface area (Å²) >= 11 is 13.9. The first kappa shape index (κ1) is 23.5. The van der Waals surface area contributed by atoms with E-state index in [9.17, 15) is 4.79 Å². The van der Waals surface area contributed by atoms with Gasteiger partial charge in [-0.05, 0) is 92.7 Å². The van der Waals surface area contributed by atoms with E-state index in [1.54, 1.807) is 18.1 Å². The zero-order valence-electron chi connectivity index (χ0n) is 18.7. The van der Waals surface area contributed by atoms with Gasteiger partial charge in [-0.3, -0.25) is 9.69 Å². The fourth-order valence-corrected chi connectivity index (χ4v) is 5.29. The molecular weight excluding hydrogens is 477 g/mol. The molecule has 0 aliphatic carbocycles. The molecule has 0 saturated carbocycles. The molecule has 1 saturated heterocycles. The van der Waals surface area contributed by atoms with Crippen molar-refractivity contribution in [1.82, 2.24) is 9.47 Å². The van der Waals surface area contributed by atoms with Crippen LogP contribution in [0.25, 0.3) is 11.8 Å². The van der Waals surface area contributed by atoms with Gasteiger partial charge in [0.2, 0.25) is 0 Å². The molecule has 170 valence electrons. The van der Waals surface area contributed by atoms with E-state index < -0.39 is 0 Å². The van der Waals surface area contributed by atoms with Gasteiger partial charge >= 0.3 is 0 Å². The first-order valence-electron chi connectivity index (χ1n) is 10.4. The third-order valence-electron chi connectivity index (χ3n) is 5.41. The zero-order valence-corrected chi connectivity index (χ0v) is 21.1. The fraction of sp³-hybridized carbons (Fsp3) is 0.200. The van der Waals surface area contributed by atoms with Gasteiger partial charge in [-0.25, -0.2) is 4.99 Å². The molecule has 2 heterocycles. The number of aliphatic imine (C=N–C) groups is 1. The van der Waals surface area contributed by atoms with Crippen molar-refractivity contribution in [2.75, 3.05) is 13.7 Å². The van der Waals surface area contributed by atoms with Gasteiger partial charge in [-0.1, -0.05) is 23.2 Å². The van der Waals surface area contributed by atoms with Gasteiger partial charge < -0.3 is 9.30 Å². The Morgan fingerprint density at radius 1 is 1.09 bits per heavy atom. The van der Waals surface area contributed by atoms with Gasteiger partial charge in [0.25, 0.3) is 5.91 Å². The van der Waals surface area contributed by atoms with Crippen LogP contribution >= 0.6 is 35.0 Å². The molecule has 1 aromatic heterocycles. The van der Waals surface area contributed by atoms with Gasteiger partial charge in [-0.15, -0.1) is 0 Å². The molecular formula is C25H23Cl2N3O2S. The van der Waals surface area contributed by atoms with Crippen LogP contribution in [0.15, 0.2) is 58.4 Å². The smallest absolute Gasteiger partial charge is 0.266 e. The SMILES string of the molecule is CCN1C(=O)/C(=C\c2cc(C)n(-c3ccc(Cl)cc3Cl)c2C)SC1=Nc1ccc(OC)cc1. The van der Waals surface area contributed by atoms with E-state index in [1.807, 2.05) is 63.2 Å². The Labute approximate surface area is 207 Å². The van der Waals surface area contributed by atoms with E-state index in [0.29, 0.717) is 26.7 Å². The van der Waals surface area contributed by atoms with Gasteiger partial charge in [0, 0.05) is 23.0 Å². The number of hydrogen-bond acceptors (Lipinski definition) is 4. The third-order valence-corrected chi connectivity index (χ3v) is 6.95. The number of aryl methyl sites for hydroxylation is 1. The second kappa shape index (κ2) is 9.67. The van der Waals surface area contributed by atoms with Crippen LogP contribution in [0.4, 0.5) is 5.69 Å². The number of rotatable bonds is 5. The van der Waals surface area contributed by atoms with Crippen LogP contribution in [0.2, 0.25) is 10.0 Å². The van der Waals surface area contributed by atoms with E-state index in [-0.39, 0.29) is 5.91 Å². The summed E-state index contributed by atoms with van der Waals surface area (Å²) in [6, 6.07) is 14.9. The fourth-order valence-electron chi connectivity index (χ4n) is 3.75. The van der Waals surface area contributed by atoms with Crippen LogP contribution < -0.4 is 4.74 Å². The van der Waals surface area contributed by atoms with E-state index in [0.717, 1.165) is 34.1 Å². The molecule has 0 atom stereocenters. The average molecular weight is 500 g/mol. The summed E-state index contributed by atoms with van der Waals surface area (Å²) in [6.45, 7) is 6.51. The van der Waals surface area contributed by atoms with Crippen molar-refractivity contribution >= 4 is 57.8 Å². The molecule has 1 aliphatic rings. The van der Waals surface area contributed by atoms with Crippen molar-refractivity contribution in [1.29, 1.82) is 0 Å². The summed E-state index contributed by atoms with van der Waals surface area (Å²) in [5, 5.41) is 1.82. The highest BCUT2D eigenvalue weighted by Gasteiger charge is 2.32. The first-order valence-corrected chi connectivity index (χ1v) is 12.0. The molecule has 2 aromatic carbocycles. The number of methoxy groups -OCH3 is 1. The lowest BCUT2D eigenvalue weighted by atomic mass is 10.2. The zero-order chi connectivity index (χ0) is 23.7. The molecule has 1 fully saturated rings. The van der Waals surface area contributed by atoms with Crippen LogP contribution in [0.3, 0.4) is 0 Å². The lowest BCUT2D eigenvalue weighted by Gasteiger charge is -2.12. The maximum atomic E-state index is 13.1. The Bertz CT molecular complexity index is 1280. The topological polar surface area (TPSA) is 46.8 Å². The minimum absolute atomic E-state index is 0.0518. The van der Waals surface area contributed by atoms with Crippen LogP contribution in [0.5, 0.6) is 5.75 Å². The van der Waals surface area contributed by atoms with Gasteiger partial charge in [0.05, 0.1) is 28.4 Å². The number of thioether (sulfide) groups is 1. The number of amidine groups is 1. The normalized spacial score (nSPS) is 16.3. The number of benzene rings is 2. The number of amides is 1. The summed E-state index contributed by atoms with van der Waals surface area (Å²) in [4.78, 5) is 20.1. The molecule has 3 aromatic rings. The van der Waals surface area contributed by atoms with Crippen molar-refractivity contribution in [2.45, 2.75) is 20.8 Å².